The summed E-state index contributed by atoms with van der Waals surface area (Å²) in [5, 5.41) is 3.69. The van der Waals surface area contributed by atoms with E-state index < -0.39 is 0 Å². The van der Waals surface area contributed by atoms with Crippen LogP contribution >= 0.6 is 0 Å². The maximum atomic E-state index is 3.69. The fourth-order valence-corrected chi connectivity index (χ4v) is 2.71. The molecule has 1 aliphatic carbocycles. The number of aryl methyl sites for hydroxylation is 1. The van der Waals surface area contributed by atoms with Crippen LogP contribution in [-0.4, -0.2) is 6.54 Å². The predicted octanol–water partition coefficient (Wildman–Crippen LogP) is 4.23. The minimum Gasteiger partial charge on any atom is -0.310 e. The molecule has 1 N–H and O–H groups in total. The van der Waals surface area contributed by atoms with Gasteiger partial charge in [-0.05, 0) is 44.7 Å². The maximum absolute atomic E-state index is 3.69. The van der Waals surface area contributed by atoms with Gasteiger partial charge in [-0.2, -0.15) is 0 Å². The van der Waals surface area contributed by atoms with Gasteiger partial charge in [0.05, 0.1) is 0 Å². The zero-order chi connectivity index (χ0) is 12.1. The minimum absolute atomic E-state index is 0.484. The zero-order valence-electron chi connectivity index (χ0n) is 11.2. The van der Waals surface area contributed by atoms with Crippen molar-refractivity contribution in [1.29, 1.82) is 0 Å². The highest BCUT2D eigenvalue weighted by Gasteiger charge is 2.14. The van der Waals surface area contributed by atoms with Gasteiger partial charge in [0.25, 0.3) is 0 Å². The molecule has 0 saturated heterocycles. The number of hydrogen-bond acceptors (Lipinski definition) is 1. The van der Waals surface area contributed by atoms with Crippen molar-refractivity contribution in [3.05, 3.63) is 35.4 Å². The van der Waals surface area contributed by atoms with Gasteiger partial charge in [-0.1, -0.05) is 49.1 Å². The summed E-state index contributed by atoms with van der Waals surface area (Å²) in [4.78, 5) is 0. The molecule has 1 aromatic carbocycles. The lowest BCUT2D eigenvalue weighted by Gasteiger charge is -2.24. The van der Waals surface area contributed by atoms with Gasteiger partial charge < -0.3 is 5.32 Å². The molecule has 0 aromatic heterocycles. The lowest BCUT2D eigenvalue weighted by molar-refractivity contribution is 0.331. The number of benzene rings is 1. The van der Waals surface area contributed by atoms with E-state index in [4.69, 9.17) is 0 Å². The molecular weight excluding hydrogens is 206 g/mol. The summed E-state index contributed by atoms with van der Waals surface area (Å²) in [7, 11) is 0. The molecule has 1 heteroatoms. The first-order valence-corrected chi connectivity index (χ1v) is 7.05. The van der Waals surface area contributed by atoms with E-state index in [2.05, 4.69) is 43.4 Å². The molecule has 0 heterocycles. The third-order valence-corrected chi connectivity index (χ3v) is 4.01. The molecule has 0 spiro atoms. The van der Waals surface area contributed by atoms with Crippen LogP contribution in [0.5, 0.6) is 0 Å². The Morgan fingerprint density at radius 1 is 1.12 bits per heavy atom. The van der Waals surface area contributed by atoms with Crippen molar-refractivity contribution >= 4 is 0 Å². The van der Waals surface area contributed by atoms with Gasteiger partial charge in [0.1, 0.15) is 0 Å². The lowest BCUT2D eigenvalue weighted by atomic mass is 9.89. The Morgan fingerprint density at radius 2 is 1.76 bits per heavy atom. The summed E-state index contributed by atoms with van der Waals surface area (Å²) >= 11 is 0. The van der Waals surface area contributed by atoms with Crippen LogP contribution in [-0.2, 0) is 0 Å². The molecule has 1 aromatic rings. The number of nitrogens with one attached hydrogen (secondary N) is 1. The van der Waals surface area contributed by atoms with Crippen LogP contribution in [0.25, 0.3) is 0 Å². The van der Waals surface area contributed by atoms with Crippen molar-refractivity contribution in [2.75, 3.05) is 6.54 Å². The van der Waals surface area contributed by atoms with Crippen LogP contribution in [0.15, 0.2) is 24.3 Å². The Bertz CT molecular complexity index is 322. The third kappa shape index (κ3) is 3.85. The summed E-state index contributed by atoms with van der Waals surface area (Å²) < 4.78 is 0. The van der Waals surface area contributed by atoms with E-state index in [1.54, 1.807) is 0 Å². The van der Waals surface area contributed by atoms with Crippen molar-refractivity contribution in [2.24, 2.45) is 5.92 Å². The largest absolute Gasteiger partial charge is 0.310 e. The van der Waals surface area contributed by atoms with E-state index in [0.29, 0.717) is 6.04 Å². The highest BCUT2D eigenvalue weighted by atomic mass is 14.9. The first-order valence-electron chi connectivity index (χ1n) is 7.05. The van der Waals surface area contributed by atoms with Crippen LogP contribution in [0, 0.1) is 12.8 Å². The fraction of sp³-hybridized carbons (Fsp3) is 0.625. The molecule has 1 nitrogen and oxygen atoms in total. The molecule has 1 fully saturated rings. The molecule has 1 atom stereocenters. The van der Waals surface area contributed by atoms with Gasteiger partial charge in [-0.25, -0.2) is 0 Å². The smallest absolute Gasteiger partial charge is 0.0291 e. The van der Waals surface area contributed by atoms with Crippen LogP contribution in [0.3, 0.4) is 0 Å². The second kappa shape index (κ2) is 6.20. The first-order chi connectivity index (χ1) is 8.25. The van der Waals surface area contributed by atoms with Crippen LogP contribution in [0.2, 0.25) is 0 Å². The topological polar surface area (TPSA) is 12.0 Å². The Labute approximate surface area is 106 Å². The molecule has 0 aliphatic heterocycles. The highest BCUT2D eigenvalue weighted by molar-refractivity contribution is 5.23. The average Bonchev–Trinajstić information content (AvgIpc) is 2.38. The van der Waals surface area contributed by atoms with Gasteiger partial charge in [-0.15, -0.1) is 0 Å². The SMILES string of the molecule is Cc1ccc([C@H](C)NCC2CCCCC2)cc1. The third-order valence-electron chi connectivity index (χ3n) is 4.01. The Kier molecular flexibility index (Phi) is 4.61. The van der Waals surface area contributed by atoms with Gasteiger partial charge in [0.2, 0.25) is 0 Å². The Hall–Kier alpha value is -0.820. The first kappa shape index (κ1) is 12.6. The van der Waals surface area contributed by atoms with Crippen molar-refractivity contribution in [2.45, 2.75) is 52.0 Å². The molecule has 1 saturated carbocycles. The van der Waals surface area contributed by atoms with E-state index in [0.717, 1.165) is 5.92 Å². The molecule has 1 aliphatic rings. The van der Waals surface area contributed by atoms with E-state index in [1.807, 2.05) is 0 Å². The zero-order valence-corrected chi connectivity index (χ0v) is 11.2. The fourth-order valence-electron chi connectivity index (χ4n) is 2.71. The molecule has 0 bridgehead atoms. The van der Waals surface area contributed by atoms with E-state index in [1.165, 1.54) is 49.8 Å². The molecule has 0 unspecified atom stereocenters. The van der Waals surface area contributed by atoms with Crippen molar-refractivity contribution < 1.29 is 0 Å². The predicted molar refractivity (Wildman–Crippen MR) is 74.2 cm³/mol. The minimum atomic E-state index is 0.484. The van der Waals surface area contributed by atoms with Crippen molar-refractivity contribution in [3.63, 3.8) is 0 Å². The van der Waals surface area contributed by atoms with Crippen molar-refractivity contribution in [3.8, 4) is 0 Å². The van der Waals surface area contributed by atoms with E-state index in [-0.39, 0.29) is 0 Å². The summed E-state index contributed by atoms with van der Waals surface area (Å²) in [6.07, 6.45) is 7.17. The summed E-state index contributed by atoms with van der Waals surface area (Å²) in [5.74, 6) is 0.914. The lowest BCUT2D eigenvalue weighted by Crippen LogP contribution is -2.27. The summed E-state index contributed by atoms with van der Waals surface area (Å²) in [5.41, 5.74) is 2.75. The highest BCUT2D eigenvalue weighted by Crippen LogP contribution is 2.23. The molecule has 2 rings (SSSR count). The van der Waals surface area contributed by atoms with Crippen LogP contribution in [0.1, 0.15) is 56.2 Å². The van der Waals surface area contributed by atoms with Gasteiger partial charge in [0, 0.05) is 6.04 Å². The molecule has 0 amide bonds. The normalized spacial score (nSPS) is 19.2. The summed E-state index contributed by atoms with van der Waals surface area (Å²) in [6.45, 7) is 5.60. The quantitative estimate of drug-likeness (QED) is 0.818. The molecular formula is C16H25N. The monoisotopic (exact) mass is 231 g/mol. The Balaban J connectivity index is 1.80. The average molecular weight is 231 g/mol. The van der Waals surface area contributed by atoms with Crippen LogP contribution in [0.4, 0.5) is 0 Å². The van der Waals surface area contributed by atoms with Crippen molar-refractivity contribution in [1.82, 2.24) is 5.32 Å². The maximum Gasteiger partial charge on any atom is 0.0291 e. The standard InChI is InChI=1S/C16H25N/c1-13-8-10-16(11-9-13)14(2)17-12-15-6-4-3-5-7-15/h8-11,14-15,17H,3-7,12H2,1-2H3/t14-/m0/s1. The molecule has 0 radical (unpaired) electrons. The number of hydrogen-bond donors (Lipinski definition) is 1. The molecule has 94 valence electrons. The summed E-state index contributed by atoms with van der Waals surface area (Å²) in [6, 6.07) is 9.38. The van der Waals surface area contributed by atoms with Crippen LogP contribution < -0.4 is 5.32 Å². The Morgan fingerprint density at radius 3 is 2.41 bits per heavy atom. The van der Waals surface area contributed by atoms with Gasteiger partial charge in [0.15, 0.2) is 0 Å². The number of rotatable bonds is 4. The molecule has 17 heavy (non-hydrogen) atoms. The van der Waals surface area contributed by atoms with E-state index >= 15 is 0 Å². The van der Waals surface area contributed by atoms with Gasteiger partial charge >= 0.3 is 0 Å². The van der Waals surface area contributed by atoms with Gasteiger partial charge in [-0.3, -0.25) is 0 Å². The second-order valence-electron chi connectivity index (χ2n) is 5.54. The second-order valence-corrected chi connectivity index (χ2v) is 5.54. The van der Waals surface area contributed by atoms with E-state index in [9.17, 15) is 0 Å².